The zero-order chi connectivity index (χ0) is 9.26. The van der Waals surface area contributed by atoms with Gasteiger partial charge in [0.25, 0.3) is 0 Å². The first-order chi connectivity index (χ1) is 6.31. The van der Waals surface area contributed by atoms with E-state index in [0.29, 0.717) is 5.71 Å². The van der Waals surface area contributed by atoms with Crippen LogP contribution in [0.15, 0.2) is 35.5 Å². The average Bonchev–Trinajstić information content (AvgIpc) is 2.59. The molecule has 0 saturated carbocycles. The third-order valence-corrected chi connectivity index (χ3v) is 3.16. The van der Waals surface area contributed by atoms with Gasteiger partial charge in [0.05, 0.1) is 10.6 Å². The molecule has 2 rings (SSSR count). The van der Waals surface area contributed by atoms with Gasteiger partial charge >= 0.3 is 0 Å². The fourth-order valence-electron chi connectivity index (χ4n) is 1.21. The van der Waals surface area contributed by atoms with Crippen LogP contribution < -0.4 is 0 Å². The van der Waals surface area contributed by atoms with Crippen molar-refractivity contribution in [1.29, 1.82) is 0 Å². The van der Waals surface area contributed by atoms with Crippen molar-refractivity contribution in [2.45, 2.75) is 6.92 Å². The Labute approximate surface area is 80.1 Å². The van der Waals surface area contributed by atoms with Gasteiger partial charge in [0.2, 0.25) is 0 Å². The van der Waals surface area contributed by atoms with E-state index in [1.54, 1.807) is 18.3 Å². The molecule has 2 nitrogen and oxygen atoms in total. The van der Waals surface area contributed by atoms with Gasteiger partial charge in [0.15, 0.2) is 0 Å². The molecule has 0 bridgehead atoms. The topological polar surface area (TPSA) is 32.6 Å². The summed E-state index contributed by atoms with van der Waals surface area (Å²) in [6.07, 6.45) is 0. The van der Waals surface area contributed by atoms with Crippen LogP contribution in [-0.4, -0.2) is 10.9 Å². The molecule has 0 aliphatic carbocycles. The van der Waals surface area contributed by atoms with Gasteiger partial charge in [0, 0.05) is 4.70 Å². The third-order valence-electron chi connectivity index (χ3n) is 1.93. The molecule has 0 unspecified atom stereocenters. The first-order valence-electron chi connectivity index (χ1n) is 3.99. The molecule has 1 N–H and O–H groups in total. The lowest BCUT2D eigenvalue weighted by Gasteiger charge is -1.87. The van der Waals surface area contributed by atoms with Crippen LogP contribution >= 0.6 is 11.3 Å². The Kier molecular flexibility index (Phi) is 2.02. The highest BCUT2D eigenvalue weighted by atomic mass is 32.1. The van der Waals surface area contributed by atoms with E-state index >= 15 is 0 Å². The van der Waals surface area contributed by atoms with Gasteiger partial charge in [-0.3, -0.25) is 0 Å². The number of hydrogen-bond donors (Lipinski definition) is 1. The van der Waals surface area contributed by atoms with E-state index in [1.165, 1.54) is 10.1 Å². The summed E-state index contributed by atoms with van der Waals surface area (Å²) in [4.78, 5) is 1.02. The molecule has 3 heteroatoms. The Bertz CT molecular complexity index is 426. The molecular weight excluding hydrogens is 182 g/mol. The number of hydrogen-bond acceptors (Lipinski definition) is 3. The fourth-order valence-corrected chi connectivity index (χ4v) is 2.21. The second-order valence-electron chi connectivity index (χ2n) is 2.83. The Hall–Kier alpha value is -1.35. The fraction of sp³-hybridized carbons (Fsp3) is 0.100. The van der Waals surface area contributed by atoms with Crippen LogP contribution in [0.4, 0.5) is 0 Å². The standard InChI is InChI=1S/C10H9NOS/c1-7(11-12)10-6-8-4-2-3-5-9(8)13-10/h2-6,12H,1H3/b11-7+. The molecule has 0 radical (unpaired) electrons. The summed E-state index contributed by atoms with van der Waals surface area (Å²) < 4.78 is 1.22. The molecule has 0 saturated heterocycles. The molecule has 13 heavy (non-hydrogen) atoms. The van der Waals surface area contributed by atoms with Crippen molar-refractivity contribution in [3.63, 3.8) is 0 Å². The maximum Gasteiger partial charge on any atom is 0.0936 e. The van der Waals surface area contributed by atoms with E-state index in [2.05, 4.69) is 17.3 Å². The van der Waals surface area contributed by atoms with Crippen molar-refractivity contribution < 1.29 is 5.21 Å². The largest absolute Gasteiger partial charge is 0.411 e. The molecule has 0 aliphatic rings. The molecular formula is C10H9NOS. The lowest BCUT2D eigenvalue weighted by Crippen LogP contribution is -1.87. The molecule has 1 heterocycles. The summed E-state index contributed by atoms with van der Waals surface area (Å²) in [7, 11) is 0. The maximum absolute atomic E-state index is 8.61. The lowest BCUT2D eigenvalue weighted by atomic mass is 10.2. The summed E-state index contributed by atoms with van der Waals surface area (Å²) in [5, 5.41) is 13.0. The quantitative estimate of drug-likeness (QED) is 0.419. The molecule has 0 aliphatic heterocycles. The van der Waals surface area contributed by atoms with Crippen molar-refractivity contribution >= 4 is 27.1 Å². The zero-order valence-electron chi connectivity index (χ0n) is 7.19. The van der Waals surface area contributed by atoms with E-state index in [9.17, 15) is 0 Å². The van der Waals surface area contributed by atoms with Crippen LogP contribution in [0.25, 0.3) is 10.1 Å². The van der Waals surface area contributed by atoms with Gasteiger partial charge in [-0.2, -0.15) is 0 Å². The molecule has 66 valence electrons. The SMILES string of the molecule is C/C(=N\O)c1cc2ccccc2s1. The number of rotatable bonds is 1. The second-order valence-corrected chi connectivity index (χ2v) is 3.92. The Morgan fingerprint density at radius 2 is 2.15 bits per heavy atom. The van der Waals surface area contributed by atoms with Gasteiger partial charge in [-0.1, -0.05) is 23.4 Å². The molecule has 0 amide bonds. The minimum absolute atomic E-state index is 0.668. The first kappa shape index (κ1) is 8.26. The molecule has 0 fully saturated rings. The van der Waals surface area contributed by atoms with E-state index in [1.807, 2.05) is 18.2 Å². The van der Waals surface area contributed by atoms with Crippen LogP contribution in [0.3, 0.4) is 0 Å². The van der Waals surface area contributed by atoms with Gasteiger partial charge in [-0.25, -0.2) is 0 Å². The normalized spacial score (nSPS) is 12.2. The van der Waals surface area contributed by atoms with E-state index in [0.717, 1.165) is 4.88 Å². The summed E-state index contributed by atoms with van der Waals surface area (Å²) >= 11 is 1.64. The smallest absolute Gasteiger partial charge is 0.0936 e. The van der Waals surface area contributed by atoms with Crippen LogP contribution in [-0.2, 0) is 0 Å². The third kappa shape index (κ3) is 1.42. The average molecular weight is 191 g/mol. The van der Waals surface area contributed by atoms with Crippen molar-refractivity contribution in [1.82, 2.24) is 0 Å². The van der Waals surface area contributed by atoms with Gasteiger partial charge in [0.1, 0.15) is 0 Å². The van der Waals surface area contributed by atoms with Crippen LogP contribution in [0.1, 0.15) is 11.8 Å². The zero-order valence-corrected chi connectivity index (χ0v) is 8.01. The van der Waals surface area contributed by atoms with Crippen LogP contribution in [0.5, 0.6) is 0 Å². The number of thiophene rings is 1. The summed E-state index contributed by atoms with van der Waals surface area (Å²) in [6, 6.07) is 10.2. The predicted octanol–water partition coefficient (Wildman–Crippen LogP) is 3.10. The first-order valence-corrected chi connectivity index (χ1v) is 4.80. The minimum Gasteiger partial charge on any atom is -0.411 e. The summed E-state index contributed by atoms with van der Waals surface area (Å²) in [6.45, 7) is 1.80. The van der Waals surface area contributed by atoms with Gasteiger partial charge < -0.3 is 5.21 Å². The van der Waals surface area contributed by atoms with Crippen molar-refractivity contribution in [3.05, 3.63) is 35.2 Å². The van der Waals surface area contributed by atoms with Gasteiger partial charge in [-0.15, -0.1) is 11.3 Å². The lowest BCUT2D eigenvalue weighted by molar-refractivity contribution is 0.319. The monoisotopic (exact) mass is 191 g/mol. The number of benzene rings is 1. The highest BCUT2D eigenvalue weighted by Gasteiger charge is 2.03. The van der Waals surface area contributed by atoms with Crippen molar-refractivity contribution in [2.24, 2.45) is 5.16 Å². The molecule has 0 spiro atoms. The van der Waals surface area contributed by atoms with Gasteiger partial charge in [-0.05, 0) is 24.4 Å². The van der Waals surface area contributed by atoms with E-state index < -0.39 is 0 Å². The minimum atomic E-state index is 0.668. The molecule has 2 aromatic rings. The maximum atomic E-state index is 8.61. The molecule has 1 aromatic heterocycles. The van der Waals surface area contributed by atoms with Crippen molar-refractivity contribution in [2.75, 3.05) is 0 Å². The Morgan fingerprint density at radius 3 is 2.85 bits per heavy atom. The highest BCUT2D eigenvalue weighted by Crippen LogP contribution is 2.25. The van der Waals surface area contributed by atoms with Crippen molar-refractivity contribution in [3.8, 4) is 0 Å². The van der Waals surface area contributed by atoms with Crippen LogP contribution in [0.2, 0.25) is 0 Å². The van der Waals surface area contributed by atoms with E-state index in [4.69, 9.17) is 5.21 Å². The Morgan fingerprint density at radius 1 is 1.38 bits per heavy atom. The summed E-state index contributed by atoms with van der Waals surface area (Å²) in [5.41, 5.74) is 0.668. The molecule has 0 atom stereocenters. The number of fused-ring (bicyclic) bond motifs is 1. The number of nitrogens with zero attached hydrogens (tertiary/aromatic N) is 1. The van der Waals surface area contributed by atoms with E-state index in [-0.39, 0.29) is 0 Å². The molecule has 1 aromatic carbocycles. The Balaban J connectivity index is 2.62. The highest BCUT2D eigenvalue weighted by molar-refractivity contribution is 7.20. The van der Waals surface area contributed by atoms with Crippen LogP contribution in [0, 0.1) is 0 Å². The number of oxime groups is 1. The summed E-state index contributed by atoms with van der Waals surface area (Å²) in [5.74, 6) is 0. The predicted molar refractivity (Wildman–Crippen MR) is 55.8 cm³/mol. The second kappa shape index (κ2) is 3.18.